The van der Waals surface area contributed by atoms with Gasteiger partial charge in [0, 0.05) is 12.5 Å². The van der Waals surface area contributed by atoms with Gasteiger partial charge < -0.3 is 28.8 Å². The number of fused-ring (bicyclic) bond motifs is 1. The molecular formula is C29H46N2O7Si. The van der Waals surface area contributed by atoms with Crippen LogP contribution in [0.25, 0.3) is 0 Å². The molecule has 1 N–H and O–H groups in total. The summed E-state index contributed by atoms with van der Waals surface area (Å²) in [7, 11) is -2.14. The normalized spacial score (nSPS) is 26.6. The lowest BCUT2D eigenvalue weighted by Gasteiger charge is -2.50. The number of aliphatic hydroxyl groups excluding tert-OH is 1. The van der Waals surface area contributed by atoms with Gasteiger partial charge >= 0.3 is 12.1 Å². The van der Waals surface area contributed by atoms with Gasteiger partial charge in [-0.3, -0.25) is 4.79 Å². The van der Waals surface area contributed by atoms with E-state index in [4.69, 9.17) is 13.9 Å². The van der Waals surface area contributed by atoms with Crippen LogP contribution in [0, 0.1) is 11.8 Å². The molecule has 0 aliphatic carbocycles. The lowest BCUT2D eigenvalue weighted by molar-refractivity contribution is -0.163. The van der Waals surface area contributed by atoms with E-state index in [1.54, 1.807) is 9.80 Å². The number of hydrogen-bond donors (Lipinski definition) is 1. The minimum absolute atomic E-state index is 0.0117. The number of carbonyl (C=O) groups excluding carboxylic acids is 3. The van der Waals surface area contributed by atoms with Gasteiger partial charge in [-0.05, 0) is 49.9 Å². The first-order chi connectivity index (χ1) is 18.2. The number of amides is 2. The summed E-state index contributed by atoms with van der Waals surface area (Å²) < 4.78 is 17.2. The van der Waals surface area contributed by atoms with E-state index in [1.807, 2.05) is 13.8 Å². The Morgan fingerprint density at radius 3 is 2.38 bits per heavy atom. The number of β-lactam (4-membered cyclic amide) rings is 1. The van der Waals surface area contributed by atoms with Crippen LogP contribution in [-0.4, -0.2) is 85.2 Å². The lowest BCUT2D eigenvalue weighted by atomic mass is 9.77. The Morgan fingerprint density at radius 2 is 1.79 bits per heavy atom. The van der Waals surface area contributed by atoms with Gasteiger partial charge in [-0.2, -0.15) is 0 Å². The summed E-state index contributed by atoms with van der Waals surface area (Å²) in [6.45, 7) is 22.5. The van der Waals surface area contributed by atoms with Gasteiger partial charge in [0.15, 0.2) is 8.32 Å². The van der Waals surface area contributed by atoms with Crippen molar-refractivity contribution in [3.8, 4) is 0 Å². The zero-order chi connectivity index (χ0) is 29.3. The standard InChI is InChI=1S/C29H46N2O7Si/c1-10-15-36-27(34)25-20(17-22(32)21-13-12-14-30(21)28(35)37-16-11-2)18(3)24-23(26(33)31(24)25)19(4)38-39(8,9)29(5,6)7/h10-11,18-19,21-24,32H,1-2,12-17H2,3-9H3/t18-,19+,21-,22?,23+,24+/m0/s1. The molecule has 0 aromatic rings. The van der Waals surface area contributed by atoms with Gasteiger partial charge in [0.25, 0.3) is 0 Å². The molecule has 39 heavy (non-hydrogen) atoms. The van der Waals surface area contributed by atoms with Crippen molar-refractivity contribution in [2.45, 2.75) is 96.3 Å². The Balaban J connectivity index is 1.86. The van der Waals surface area contributed by atoms with E-state index in [2.05, 4.69) is 47.0 Å². The summed E-state index contributed by atoms with van der Waals surface area (Å²) in [6, 6.07) is -0.712. The topological polar surface area (TPSA) is 106 Å². The number of likely N-dealkylation sites (tertiary alicyclic amines) is 1. The van der Waals surface area contributed by atoms with Crippen LogP contribution < -0.4 is 0 Å². The van der Waals surface area contributed by atoms with Crippen LogP contribution in [-0.2, 0) is 23.5 Å². The molecule has 1 unspecified atom stereocenters. The Kier molecular flexibility index (Phi) is 9.55. The number of ether oxygens (including phenoxy) is 2. The van der Waals surface area contributed by atoms with Crippen LogP contribution in [0.4, 0.5) is 4.79 Å². The van der Waals surface area contributed by atoms with Crippen LogP contribution >= 0.6 is 0 Å². The Labute approximate surface area is 234 Å². The van der Waals surface area contributed by atoms with Crippen molar-refractivity contribution < 1.29 is 33.4 Å². The van der Waals surface area contributed by atoms with Crippen LogP contribution in [0.15, 0.2) is 36.6 Å². The van der Waals surface area contributed by atoms with E-state index in [0.29, 0.717) is 18.5 Å². The number of carbonyl (C=O) groups is 3. The van der Waals surface area contributed by atoms with Crippen molar-refractivity contribution in [1.82, 2.24) is 9.80 Å². The van der Waals surface area contributed by atoms with Gasteiger partial charge in [0.05, 0.1) is 30.2 Å². The monoisotopic (exact) mass is 562 g/mol. The second kappa shape index (κ2) is 12.0. The maximum atomic E-state index is 13.5. The highest BCUT2D eigenvalue weighted by molar-refractivity contribution is 6.74. The predicted octanol–water partition coefficient (Wildman–Crippen LogP) is 4.39. The van der Waals surface area contributed by atoms with Crippen LogP contribution in [0.3, 0.4) is 0 Å². The minimum atomic E-state index is -2.14. The smallest absolute Gasteiger partial charge is 0.410 e. The van der Waals surface area contributed by atoms with Crippen molar-refractivity contribution in [1.29, 1.82) is 0 Å². The number of hydrogen-bond acceptors (Lipinski definition) is 7. The molecular weight excluding hydrogens is 516 g/mol. The van der Waals surface area contributed by atoms with Crippen molar-refractivity contribution in [3.63, 3.8) is 0 Å². The molecule has 9 nitrogen and oxygen atoms in total. The fraction of sp³-hybridized carbons (Fsp3) is 0.690. The van der Waals surface area contributed by atoms with E-state index < -0.39 is 38.4 Å². The maximum Gasteiger partial charge on any atom is 0.410 e. The third kappa shape index (κ3) is 6.02. The molecule has 0 aromatic heterocycles. The quantitative estimate of drug-likeness (QED) is 0.172. The van der Waals surface area contributed by atoms with Crippen LogP contribution in [0.1, 0.15) is 53.9 Å². The largest absolute Gasteiger partial charge is 0.457 e. The van der Waals surface area contributed by atoms with Gasteiger partial charge in [-0.1, -0.05) is 53.0 Å². The van der Waals surface area contributed by atoms with E-state index >= 15 is 0 Å². The summed E-state index contributed by atoms with van der Waals surface area (Å²) >= 11 is 0. The maximum absolute atomic E-state index is 13.5. The highest BCUT2D eigenvalue weighted by atomic mass is 28.4. The molecule has 3 aliphatic rings. The molecule has 10 heteroatoms. The summed E-state index contributed by atoms with van der Waals surface area (Å²) in [4.78, 5) is 42.4. The lowest BCUT2D eigenvalue weighted by Crippen LogP contribution is -2.65. The van der Waals surface area contributed by atoms with E-state index in [9.17, 15) is 19.5 Å². The molecule has 218 valence electrons. The predicted molar refractivity (Wildman–Crippen MR) is 151 cm³/mol. The van der Waals surface area contributed by atoms with Crippen molar-refractivity contribution in [3.05, 3.63) is 36.6 Å². The molecule has 0 radical (unpaired) electrons. The molecule has 0 bridgehead atoms. The molecule has 3 heterocycles. The van der Waals surface area contributed by atoms with Crippen LogP contribution in [0.2, 0.25) is 18.1 Å². The first-order valence-corrected chi connectivity index (χ1v) is 16.8. The Hall–Kier alpha value is -2.43. The van der Waals surface area contributed by atoms with Crippen molar-refractivity contribution in [2.24, 2.45) is 11.8 Å². The summed E-state index contributed by atoms with van der Waals surface area (Å²) in [5, 5.41) is 11.3. The SMILES string of the molecule is C=CCOC(=O)C1=C(CC(O)[C@@H]2CCCN2C(=O)OCC=C)[C@H](C)[C@@H]2[C@@H]([C@@H](C)O[Si](C)(C)C(C)(C)C)C(=O)N12. The van der Waals surface area contributed by atoms with E-state index in [1.165, 1.54) is 12.2 Å². The number of nitrogens with zero attached hydrogens (tertiary/aromatic N) is 2. The second-order valence-corrected chi connectivity index (χ2v) is 17.2. The molecule has 0 aromatic carbocycles. The average molecular weight is 563 g/mol. The van der Waals surface area contributed by atoms with Gasteiger partial charge in [0.2, 0.25) is 5.91 Å². The molecule has 3 rings (SSSR count). The Morgan fingerprint density at radius 1 is 1.18 bits per heavy atom. The molecule has 0 saturated carbocycles. The third-order valence-electron chi connectivity index (χ3n) is 8.85. The molecule has 3 aliphatic heterocycles. The highest BCUT2D eigenvalue weighted by Crippen LogP contribution is 2.50. The highest BCUT2D eigenvalue weighted by Gasteiger charge is 2.61. The molecule has 0 spiro atoms. The Bertz CT molecular complexity index is 1020. The summed E-state index contributed by atoms with van der Waals surface area (Å²) in [6.07, 6.45) is 2.73. The summed E-state index contributed by atoms with van der Waals surface area (Å²) in [5.74, 6) is -1.36. The first-order valence-electron chi connectivity index (χ1n) is 13.9. The van der Waals surface area contributed by atoms with Gasteiger partial charge in [-0.25, -0.2) is 9.59 Å². The van der Waals surface area contributed by atoms with Crippen LogP contribution in [0.5, 0.6) is 0 Å². The number of rotatable bonds is 11. The number of aliphatic hydroxyl groups is 1. The second-order valence-electron chi connectivity index (χ2n) is 12.4. The average Bonchev–Trinajstić information content (AvgIpc) is 3.42. The van der Waals surface area contributed by atoms with Crippen molar-refractivity contribution >= 4 is 26.3 Å². The first kappa shape index (κ1) is 31.1. The van der Waals surface area contributed by atoms with E-state index in [-0.39, 0.29) is 54.3 Å². The van der Waals surface area contributed by atoms with Gasteiger partial charge in [0.1, 0.15) is 18.9 Å². The molecule has 2 saturated heterocycles. The third-order valence-corrected chi connectivity index (χ3v) is 13.4. The fourth-order valence-corrected chi connectivity index (χ4v) is 7.23. The zero-order valence-electron chi connectivity index (χ0n) is 24.6. The molecule has 2 amide bonds. The van der Waals surface area contributed by atoms with Crippen molar-refractivity contribution in [2.75, 3.05) is 19.8 Å². The van der Waals surface area contributed by atoms with Gasteiger partial charge in [-0.15, -0.1) is 0 Å². The van der Waals surface area contributed by atoms with E-state index in [0.717, 1.165) is 6.42 Å². The summed E-state index contributed by atoms with van der Waals surface area (Å²) in [5.41, 5.74) is 0.871. The zero-order valence-corrected chi connectivity index (χ0v) is 25.6. The molecule has 2 fully saturated rings. The minimum Gasteiger partial charge on any atom is -0.457 e. The molecule has 6 atom stereocenters. The number of esters is 1. The fourth-order valence-electron chi connectivity index (χ4n) is 5.80.